The number of unbranched alkanes of at least 4 members (excludes halogenated alkanes) is 16. The summed E-state index contributed by atoms with van der Waals surface area (Å²) in [5, 5.41) is 11.5. The van der Waals surface area contributed by atoms with E-state index in [0.29, 0.717) is 6.42 Å². The van der Waals surface area contributed by atoms with Crippen molar-refractivity contribution in [3.05, 3.63) is 0 Å². The molecule has 1 atom stereocenters. The number of amides is 1. The van der Waals surface area contributed by atoms with Gasteiger partial charge in [0.25, 0.3) is 0 Å². The lowest BCUT2D eigenvalue weighted by atomic mass is 10.0. The van der Waals surface area contributed by atoms with Crippen LogP contribution in [0.4, 0.5) is 0 Å². The summed E-state index contributed by atoms with van der Waals surface area (Å²) in [7, 11) is 0. The molecule has 25 heavy (non-hydrogen) atoms. The number of hydrogen-bond donors (Lipinski definition) is 2. The first-order valence-electron chi connectivity index (χ1n) is 11.1. The maximum absolute atomic E-state index is 11.3. The molecule has 0 saturated heterocycles. The van der Waals surface area contributed by atoms with Gasteiger partial charge in [-0.3, -0.25) is 4.79 Å². The third-order valence-corrected chi connectivity index (χ3v) is 4.88. The van der Waals surface area contributed by atoms with Gasteiger partial charge < -0.3 is 10.4 Å². The second-order valence-corrected chi connectivity index (χ2v) is 7.65. The van der Waals surface area contributed by atoms with Crippen molar-refractivity contribution in [1.29, 1.82) is 0 Å². The Kier molecular flexibility index (Phi) is 19.3. The van der Waals surface area contributed by atoms with Gasteiger partial charge in [0.05, 0.1) is 0 Å². The maximum atomic E-state index is 11.3. The molecule has 0 radical (unpaired) electrons. The fourth-order valence-corrected chi connectivity index (χ4v) is 3.32. The molecule has 0 aliphatic rings. The highest BCUT2D eigenvalue weighted by Crippen LogP contribution is 2.14. The van der Waals surface area contributed by atoms with Crippen molar-refractivity contribution in [2.24, 2.45) is 0 Å². The Bertz CT molecular complexity index is 279. The first-order valence-corrected chi connectivity index (χ1v) is 11.1. The average Bonchev–Trinajstić information content (AvgIpc) is 2.57. The van der Waals surface area contributed by atoms with Crippen LogP contribution in [0.25, 0.3) is 0 Å². The number of hydrogen-bond acceptors (Lipinski definition) is 2. The van der Waals surface area contributed by atoms with Gasteiger partial charge in [-0.25, -0.2) is 0 Å². The summed E-state index contributed by atoms with van der Waals surface area (Å²) in [5.41, 5.74) is 0. The van der Waals surface area contributed by atoms with Crippen LogP contribution in [0.5, 0.6) is 0 Å². The summed E-state index contributed by atoms with van der Waals surface area (Å²) in [6.45, 7) is 3.85. The molecule has 0 spiro atoms. The van der Waals surface area contributed by atoms with Gasteiger partial charge in [0.15, 0.2) is 0 Å². The van der Waals surface area contributed by atoms with Gasteiger partial charge in [-0.05, 0) is 13.3 Å². The Morgan fingerprint density at radius 1 is 0.680 bits per heavy atom. The highest BCUT2D eigenvalue weighted by atomic mass is 16.3. The SMILES string of the molecule is CCCCCCCCCCCCCCCCCCCC(=O)NC(C)O. The lowest BCUT2D eigenvalue weighted by Crippen LogP contribution is -2.31. The first kappa shape index (κ1) is 24.4. The zero-order chi connectivity index (χ0) is 18.6. The van der Waals surface area contributed by atoms with Crippen molar-refractivity contribution in [3.8, 4) is 0 Å². The molecule has 150 valence electrons. The molecule has 0 heterocycles. The Hall–Kier alpha value is -0.570. The molecule has 0 aliphatic carbocycles. The Morgan fingerprint density at radius 3 is 1.32 bits per heavy atom. The van der Waals surface area contributed by atoms with Crippen LogP contribution in [-0.4, -0.2) is 17.2 Å². The molecule has 0 bridgehead atoms. The number of carbonyl (C=O) groups excluding carboxylic acids is 1. The highest BCUT2D eigenvalue weighted by molar-refractivity contribution is 5.75. The van der Waals surface area contributed by atoms with Crippen LogP contribution in [-0.2, 0) is 4.79 Å². The lowest BCUT2D eigenvalue weighted by Gasteiger charge is -2.07. The fraction of sp³-hybridized carbons (Fsp3) is 0.955. The third-order valence-electron chi connectivity index (χ3n) is 4.88. The summed E-state index contributed by atoms with van der Waals surface area (Å²) in [6.07, 6.45) is 22.8. The molecule has 0 rings (SSSR count). The van der Waals surface area contributed by atoms with Gasteiger partial charge in [0, 0.05) is 6.42 Å². The van der Waals surface area contributed by atoms with Crippen molar-refractivity contribution < 1.29 is 9.90 Å². The number of nitrogens with one attached hydrogen (secondary N) is 1. The molecule has 0 aliphatic heterocycles. The number of carbonyl (C=O) groups is 1. The van der Waals surface area contributed by atoms with Crippen molar-refractivity contribution in [2.45, 2.75) is 136 Å². The lowest BCUT2D eigenvalue weighted by molar-refractivity contribution is -0.123. The summed E-state index contributed by atoms with van der Waals surface area (Å²) in [5.74, 6) is -0.0315. The third kappa shape index (κ3) is 21.4. The van der Waals surface area contributed by atoms with E-state index in [9.17, 15) is 4.79 Å². The van der Waals surface area contributed by atoms with Gasteiger partial charge >= 0.3 is 0 Å². The number of aliphatic hydroxyl groups is 1. The van der Waals surface area contributed by atoms with E-state index >= 15 is 0 Å². The Balaban J connectivity index is 3.06. The molecular weight excluding hydrogens is 310 g/mol. The van der Waals surface area contributed by atoms with Crippen LogP contribution in [0.15, 0.2) is 0 Å². The van der Waals surface area contributed by atoms with Gasteiger partial charge in [-0.2, -0.15) is 0 Å². The molecule has 0 aromatic rings. The quantitative estimate of drug-likeness (QED) is 0.206. The van der Waals surface area contributed by atoms with E-state index in [1.165, 1.54) is 96.3 Å². The smallest absolute Gasteiger partial charge is 0.221 e. The van der Waals surface area contributed by atoms with Crippen molar-refractivity contribution in [3.63, 3.8) is 0 Å². The predicted molar refractivity (Wildman–Crippen MR) is 109 cm³/mol. The van der Waals surface area contributed by atoms with E-state index < -0.39 is 6.23 Å². The molecule has 0 aromatic heterocycles. The topological polar surface area (TPSA) is 49.3 Å². The summed E-state index contributed by atoms with van der Waals surface area (Å²) < 4.78 is 0. The zero-order valence-corrected chi connectivity index (χ0v) is 17.2. The van der Waals surface area contributed by atoms with Crippen molar-refractivity contribution in [2.75, 3.05) is 0 Å². The van der Waals surface area contributed by atoms with E-state index in [1.54, 1.807) is 6.92 Å². The standard InChI is InChI=1S/C22H45NO2/c1-3-4-5-6-7-8-9-10-11-12-13-14-15-16-17-18-19-20-22(25)23-21(2)24/h21,24H,3-20H2,1-2H3,(H,23,25). The number of rotatable bonds is 19. The summed E-state index contributed by atoms with van der Waals surface area (Å²) in [4.78, 5) is 11.3. The molecule has 0 saturated carbocycles. The molecular formula is C22H45NO2. The molecule has 1 amide bonds. The fourth-order valence-electron chi connectivity index (χ4n) is 3.32. The molecule has 3 heteroatoms. The molecule has 0 fully saturated rings. The summed E-state index contributed by atoms with van der Waals surface area (Å²) in [6, 6.07) is 0. The van der Waals surface area contributed by atoms with E-state index in [1.807, 2.05) is 0 Å². The second-order valence-electron chi connectivity index (χ2n) is 7.65. The van der Waals surface area contributed by atoms with Crippen LogP contribution >= 0.6 is 0 Å². The summed E-state index contributed by atoms with van der Waals surface area (Å²) >= 11 is 0. The zero-order valence-electron chi connectivity index (χ0n) is 17.2. The molecule has 2 N–H and O–H groups in total. The van der Waals surface area contributed by atoms with E-state index in [4.69, 9.17) is 5.11 Å². The van der Waals surface area contributed by atoms with Crippen LogP contribution in [0.2, 0.25) is 0 Å². The van der Waals surface area contributed by atoms with Gasteiger partial charge in [0.2, 0.25) is 5.91 Å². The Morgan fingerprint density at radius 2 is 1.00 bits per heavy atom. The molecule has 1 unspecified atom stereocenters. The van der Waals surface area contributed by atoms with E-state index in [-0.39, 0.29) is 5.91 Å². The predicted octanol–water partition coefficient (Wildman–Crippen LogP) is 6.48. The largest absolute Gasteiger partial charge is 0.374 e. The molecule has 0 aromatic carbocycles. The van der Waals surface area contributed by atoms with E-state index in [2.05, 4.69) is 12.2 Å². The van der Waals surface area contributed by atoms with Gasteiger partial charge in [-0.15, -0.1) is 0 Å². The Labute approximate surface area is 157 Å². The minimum atomic E-state index is -0.724. The van der Waals surface area contributed by atoms with Crippen LogP contribution in [0.1, 0.15) is 129 Å². The van der Waals surface area contributed by atoms with Gasteiger partial charge in [-0.1, -0.05) is 110 Å². The van der Waals surface area contributed by atoms with Crippen LogP contribution < -0.4 is 5.32 Å². The van der Waals surface area contributed by atoms with Gasteiger partial charge in [0.1, 0.15) is 6.23 Å². The van der Waals surface area contributed by atoms with Crippen LogP contribution in [0.3, 0.4) is 0 Å². The normalized spacial score (nSPS) is 12.3. The number of aliphatic hydroxyl groups excluding tert-OH is 1. The average molecular weight is 356 g/mol. The monoisotopic (exact) mass is 355 g/mol. The van der Waals surface area contributed by atoms with Crippen molar-refractivity contribution >= 4 is 5.91 Å². The minimum Gasteiger partial charge on any atom is -0.374 e. The van der Waals surface area contributed by atoms with Crippen LogP contribution in [0, 0.1) is 0 Å². The van der Waals surface area contributed by atoms with Crippen molar-refractivity contribution in [1.82, 2.24) is 5.32 Å². The first-order chi connectivity index (χ1) is 12.2. The molecule has 3 nitrogen and oxygen atoms in total. The minimum absolute atomic E-state index is 0.0315. The van der Waals surface area contributed by atoms with E-state index in [0.717, 1.165) is 12.8 Å². The maximum Gasteiger partial charge on any atom is 0.221 e. The second kappa shape index (κ2) is 19.8. The highest BCUT2D eigenvalue weighted by Gasteiger charge is 2.03.